The normalized spacial score (nSPS) is 29.1. The molecule has 0 aromatic rings. The van der Waals surface area contributed by atoms with Crippen molar-refractivity contribution in [1.29, 1.82) is 0 Å². The Morgan fingerprint density at radius 1 is 1.44 bits per heavy atom. The molecule has 0 spiro atoms. The zero-order valence-corrected chi connectivity index (χ0v) is 10.8. The number of nitrogens with two attached hydrogens (primary N) is 1. The van der Waals surface area contributed by atoms with Crippen molar-refractivity contribution in [2.45, 2.75) is 39.2 Å². The molecule has 0 bridgehead atoms. The fraction of sp³-hybridized carbons (Fsp3) is 0.917. The minimum atomic E-state index is -0.410. The predicted octanol–water partition coefficient (Wildman–Crippen LogP) is 0.572. The van der Waals surface area contributed by atoms with E-state index in [9.17, 15) is 4.79 Å². The molecule has 16 heavy (non-hydrogen) atoms. The average molecular weight is 227 g/mol. The molecule has 1 aliphatic rings. The first-order valence-corrected chi connectivity index (χ1v) is 6.31. The molecule has 0 atom stereocenters. The SMILES string of the molecule is CCN(CC)CCNC1(C(N)=O)CC(C)C1. The smallest absolute Gasteiger partial charge is 0.237 e. The Hall–Kier alpha value is -0.610. The summed E-state index contributed by atoms with van der Waals surface area (Å²) in [5, 5.41) is 3.35. The second-order valence-electron chi connectivity index (χ2n) is 4.91. The summed E-state index contributed by atoms with van der Waals surface area (Å²) in [4.78, 5) is 13.7. The first-order chi connectivity index (χ1) is 7.54. The van der Waals surface area contributed by atoms with Crippen LogP contribution < -0.4 is 11.1 Å². The van der Waals surface area contributed by atoms with Gasteiger partial charge in [-0.2, -0.15) is 0 Å². The summed E-state index contributed by atoms with van der Waals surface area (Å²) in [6, 6.07) is 0. The summed E-state index contributed by atoms with van der Waals surface area (Å²) in [5.41, 5.74) is 5.05. The minimum absolute atomic E-state index is 0.190. The Balaban J connectivity index is 2.32. The lowest BCUT2D eigenvalue weighted by atomic mass is 9.68. The van der Waals surface area contributed by atoms with Crippen LogP contribution in [0.15, 0.2) is 0 Å². The maximum atomic E-state index is 11.4. The number of hydrogen-bond donors (Lipinski definition) is 2. The van der Waals surface area contributed by atoms with Crippen LogP contribution >= 0.6 is 0 Å². The van der Waals surface area contributed by atoms with Crippen molar-refractivity contribution in [2.75, 3.05) is 26.2 Å². The van der Waals surface area contributed by atoms with Gasteiger partial charge in [-0.05, 0) is 31.8 Å². The highest BCUT2D eigenvalue weighted by molar-refractivity contribution is 5.85. The topological polar surface area (TPSA) is 58.4 Å². The van der Waals surface area contributed by atoms with E-state index < -0.39 is 5.54 Å². The van der Waals surface area contributed by atoms with Crippen LogP contribution in [0.4, 0.5) is 0 Å². The van der Waals surface area contributed by atoms with E-state index in [1.807, 2.05) is 0 Å². The van der Waals surface area contributed by atoms with Crippen molar-refractivity contribution >= 4 is 5.91 Å². The summed E-state index contributed by atoms with van der Waals surface area (Å²) < 4.78 is 0. The van der Waals surface area contributed by atoms with Crippen LogP contribution in [0.1, 0.15) is 33.6 Å². The molecular formula is C12H25N3O. The molecule has 0 radical (unpaired) electrons. The van der Waals surface area contributed by atoms with E-state index in [-0.39, 0.29) is 5.91 Å². The van der Waals surface area contributed by atoms with Gasteiger partial charge in [0.05, 0.1) is 5.54 Å². The molecule has 0 saturated heterocycles. The highest BCUT2D eigenvalue weighted by Gasteiger charge is 2.46. The minimum Gasteiger partial charge on any atom is -0.368 e. The molecule has 1 amide bonds. The fourth-order valence-corrected chi connectivity index (χ4v) is 2.56. The number of carbonyl (C=O) groups is 1. The predicted molar refractivity (Wildman–Crippen MR) is 66.1 cm³/mol. The van der Waals surface area contributed by atoms with E-state index in [0.717, 1.165) is 39.0 Å². The molecule has 3 N–H and O–H groups in total. The Bertz CT molecular complexity index is 232. The van der Waals surface area contributed by atoms with Crippen molar-refractivity contribution in [3.8, 4) is 0 Å². The van der Waals surface area contributed by atoms with Gasteiger partial charge in [-0.15, -0.1) is 0 Å². The quantitative estimate of drug-likeness (QED) is 0.668. The number of hydrogen-bond acceptors (Lipinski definition) is 3. The van der Waals surface area contributed by atoms with Crippen LogP contribution in [0.5, 0.6) is 0 Å². The molecular weight excluding hydrogens is 202 g/mol. The maximum Gasteiger partial charge on any atom is 0.237 e. The van der Waals surface area contributed by atoms with Gasteiger partial charge in [0.25, 0.3) is 0 Å². The monoisotopic (exact) mass is 227 g/mol. The van der Waals surface area contributed by atoms with Gasteiger partial charge < -0.3 is 16.0 Å². The molecule has 1 rings (SSSR count). The van der Waals surface area contributed by atoms with E-state index in [2.05, 4.69) is 31.0 Å². The Morgan fingerprint density at radius 2 is 2.00 bits per heavy atom. The second-order valence-corrected chi connectivity index (χ2v) is 4.91. The van der Waals surface area contributed by atoms with Crippen LogP contribution in [0.3, 0.4) is 0 Å². The molecule has 4 heteroatoms. The number of nitrogens with one attached hydrogen (secondary N) is 1. The Kier molecular flexibility index (Phi) is 4.74. The third-order valence-corrected chi connectivity index (χ3v) is 3.65. The second kappa shape index (κ2) is 5.64. The third-order valence-electron chi connectivity index (χ3n) is 3.65. The van der Waals surface area contributed by atoms with Crippen LogP contribution in [0.25, 0.3) is 0 Å². The van der Waals surface area contributed by atoms with Crippen LogP contribution in [0.2, 0.25) is 0 Å². The van der Waals surface area contributed by atoms with Crippen molar-refractivity contribution in [3.63, 3.8) is 0 Å². The van der Waals surface area contributed by atoms with Gasteiger partial charge in [0.1, 0.15) is 0 Å². The van der Waals surface area contributed by atoms with E-state index in [4.69, 9.17) is 5.73 Å². The average Bonchev–Trinajstić information content (AvgIpc) is 2.20. The van der Waals surface area contributed by atoms with Crippen LogP contribution in [-0.2, 0) is 4.79 Å². The van der Waals surface area contributed by atoms with Crippen LogP contribution in [-0.4, -0.2) is 42.5 Å². The van der Waals surface area contributed by atoms with Crippen molar-refractivity contribution in [2.24, 2.45) is 11.7 Å². The maximum absolute atomic E-state index is 11.4. The zero-order valence-electron chi connectivity index (χ0n) is 10.8. The van der Waals surface area contributed by atoms with Gasteiger partial charge in [0.2, 0.25) is 5.91 Å². The lowest BCUT2D eigenvalue weighted by molar-refractivity contribution is -0.129. The van der Waals surface area contributed by atoms with Gasteiger partial charge in [-0.1, -0.05) is 20.8 Å². The van der Waals surface area contributed by atoms with E-state index in [0.29, 0.717) is 5.92 Å². The van der Waals surface area contributed by atoms with Gasteiger partial charge in [0, 0.05) is 13.1 Å². The highest BCUT2D eigenvalue weighted by atomic mass is 16.1. The van der Waals surface area contributed by atoms with E-state index in [1.54, 1.807) is 0 Å². The largest absolute Gasteiger partial charge is 0.368 e. The van der Waals surface area contributed by atoms with Gasteiger partial charge in [-0.25, -0.2) is 0 Å². The molecule has 1 saturated carbocycles. The summed E-state index contributed by atoms with van der Waals surface area (Å²) in [6.45, 7) is 10.4. The number of amides is 1. The molecule has 1 fully saturated rings. The molecule has 0 aliphatic heterocycles. The lowest BCUT2D eigenvalue weighted by Gasteiger charge is -2.44. The number of likely N-dealkylation sites (N-methyl/N-ethyl adjacent to an activating group) is 1. The Labute approximate surface area is 98.6 Å². The number of nitrogens with zero attached hydrogens (tertiary/aromatic N) is 1. The molecule has 0 aromatic carbocycles. The summed E-state index contributed by atoms with van der Waals surface area (Å²) >= 11 is 0. The van der Waals surface area contributed by atoms with E-state index >= 15 is 0 Å². The summed E-state index contributed by atoms with van der Waals surface area (Å²) in [7, 11) is 0. The van der Waals surface area contributed by atoms with Gasteiger partial charge >= 0.3 is 0 Å². The third kappa shape index (κ3) is 2.95. The Morgan fingerprint density at radius 3 is 2.38 bits per heavy atom. The summed E-state index contributed by atoms with van der Waals surface area (Å²) in [5.74, 6) is 0.429. The standard InChI is InChI=1S/C12H25N3O/c1-4-15(5-2)7-6-14-12(11(13)16)8-10(3)9-12/h10,14H,4-9H2,1-3H3,(H2,13,16). The molecule has 4 nitrogen and oxygen atoms in total. The highest BCUT2D eigenvalue weighted by Crippen LogP contribution is 2.36. The van der Waals surface area contributed by atoms with E-state index in [1.165, 1.54) is 0 Å². The van der Waals surface area contributed by atoms with Crippen molar-refractivity contribution < 1.29 is 4.79 Å². The number of rotatable bonds is 7. The molecule has 94 valence electrons. The number of carbonyl (C=O) groups excluding carboxylic acids is 1. The number of primary amides is 1. The molecule has 0 aromatic heterocycles. The lowest BCUT2D eigenvalue weighted by Crippen LogP contribution is -2.63. The first kappa shape index (κ1) is 13.5. The molecule has 0 heterocycles. The first-order valence-electron chi connectivity index (χ1n) is 6.31. The zero-order chi connectivity index (χ0) is 12.2. The van der Waals surface area contributed by atoms with Crippen molar-refractivity contribution in [1.82, 2.24) is 10.2 Å². The molecule has 0 unspecified atom stereocenters. The van der Waals surface area contributed by atoms with Crippen LogP contribution in [0, 0.1) is 5.92 Å². The van der Waals surface area contributed by atoms with Gasteiger partial charge in [-0.3, -0.25) is 4.79 Å². The summed E-state index contributed by atoms with van der Waals surface area (Å²) in [6.07, 6.45) is 1.78. The fourth-order valence-electron chi connectivity index (χ4n) is 2.56. The molecule has 1 aliphatic carbocycles. The van der Waals surface area contributed by atoms with Crippen molar-refractivity contribution in [3.05, 3.63) is 0 Å². The van der Waals surface area contributed by atoms with Gasteiger partial charge in [0.15, 0.2) is 0 Å².